The summed E-state index contributed by atoms with van der Waals surface area (Å²) in [6.07, 6.45) is 5.86. The van der Waals surface area contributed by atoms with Crippen LogP contribution in [0.4, 0.5) is 0 Å². The van der Waals surface area contributed by atoms with E-state index in [4.69, 9.17) is 4.42 Å². The number of furan rings is 1. The van der Waals surface area contributed by atoms with Gasteiger partial charge in [0.1, 0.15) is 5.76 Å². The molecule has 1 fully saturated rings. The number of fused-ring (bicyclic) bond motifs is 1. The Morgan fingerprint density at radius 2 is 1.89 bits per heavy atom. The van der Waals surface area contributed by atoms with Gasteiger partial charge in [-0.2, -0.15) is 4.31 Å². The van der Waals surface area contributed by atoms with E-state index in [1.54, 1.807) is 24.3 Å². The van der Waals surface area contributed by atoms with Crippen LogP contribution >= 0.6 is 0 Å². The Kier molecular flexibility index (Phi) is 4.90. The van der Waals surface area contributed by atoms with Gasteiger partial charge in [0.15, 0.2) is 9.84 Å². The Bertz CT molecular complexity index is 1030. The predicted octanol–water partition coefficient (Wildman–Crippen LogP) is 2.54. The highest BCUT2D eigenvalue weighted by Gasteiger charge is 2.39. The SMILES string of the molecule is O=S1(=O)CC[C@@H](N(Cc2ccco2)S(=O)(=O)c2ccc3c(c2)CCCC3)C1. The number of benzene rings is 1. The van der Waals surface area contributed by atoms with Crippen molar-refractivity contribution < 1.29 is 21.3 Å². The maximum absolute atomic E-state index is 13.4. The largest absolute Gasteiger partial charge is 0.468 e. The average molecular weight is 410 g/mol. The van der Waals surface area contributed by atoms with Gasteiger partial charge in [0.25, 0.3) is 0 Å². The molecule has 0 spiro atoms. The third-order valence-corrected chi connectivity index (χ3v) is 9.08. The van der Waals surface area contributed by atoms with E-state index in [2.05, 4.69) is 0 Å². The third-order valence-electron chi connectivity index (χ3n) is 5.43. The van der Waals surface area contributed by atoms with Crippen LogP contribution in [0.1, 0.15) is 36.1 Å². The summed E-state index contributed by atoms with van der Waals surface area (Å²) in [7, 11) is -7.05. The van der Waals surface area contributed by atoms with Crippen LogP contribution in [-0.4, -0.2) is 38.7 Å². The topological polar surface area (TPSA) is 84.7 Å². The van der Waals surface area contributed by atoms with E-state index in [-0.39, 0.29) is 22.9 Å². The summed E-state index contributed by atoms with van der Waals surface area (Å²) in [5.41, 5.74) is 2.29. The summed E-state index contributed by atoms with van der Waals surface area (Å²) < 4.78 is 57.4. The Morgan fingerprint density at radius 1 is 1.11 bits per heavy atom. The summed E-state index contributed by atoms with van der Waals surface area (Å²) in [4.78, 5) is 0.235. The third kappa shape index (κ3) is 3.83. The fraction of sp³-hybridized carbons (Fsp3) is 0.474. The van der Waals surface area contributed by atoms with Crippen molar-refractivity contribution in [2.75, 3.05) is 11.5 Å². The number of nitrogens with zero attached hydrogens (tertiary/aromatic N) is 1. The fourth-order valence-electron chi connectivity index (χ4n) is 3.97. The Morgan fingerprint density at radius 3 is 2.56 bits per heavy atom. The Hall–Kier alpha value is -1.64. The molecule has 146 valence electrons. The van der Waals surface area contributed by atoms with E-state index in [0.717, 1.165) is 31.2 Å². The van der Waals surface area contributed by atoms with E-state index >= 15 is 0 Å². The minimum absolute atomic E-state index is 0.0199. The van der Waals surface area contributed by atoms with Gasteiger partial charge in [-0.15, -0.1) is 0 Å². The minimum atomic E-state index is -3.84. The molecule has 1 aromatic carbocycles. The highest BCUT2D eigenvalue weighted by molar-refractivity contribution is 7.92. The fourth-order valence-corrected chi connectivity index (χ4v) is 7.47. The molecule has 2 aromatic rings. The molecule has 2 aliphatic rings. The van der Waals surface area contributed by atoms with Crippen LogP contribution in [0.15, 0.2) is 45.9 Å². The number of aryl methyl sites for hydroxylation is 2. The monoisotopic (exact) mass is 409 g/mol. The number of sulfonamides is 1. The predicted molar refractivity (Wildman–Crippen MR) is 102 cm³/mol. The van der Waals surface area contributed by atoms with Crippen molar-refractivity contribution in [2.24, 2.45) is 0 Å². The molecule has 27 heavy (non-hydrogen) atoms. The maximum Gasteiger partial charge on any atom is 0.243 e. The van der Waals surface area contributed by atoms with Gasteiger partial charge in [0.2, 0.25) is 10.0 Å². The van der Waals surface area contributed by atoms with Crippen LogP contribution in [0.3, 0.4) is 0 Å². The van der Waals surface area contributed by atoms with Gasteiger partial charge in [0.05, 0.1) is 29.2 Å². The van der Waals surface area contributed by atoms with Gasteiger partial charge in [-0.1, -0.05) is 6.07 Å². The molecular formula is C19H23NO5S2. The van der Waals surface area contributed by atoms with E-state index in [1.165, 1.54) is 16.1 Å². The van der Waals surface area contributed by atoms with E-state index in [1.807, 2.05) is 6.07 Å². The van der Waals surface area contributed by atoms with E-state index in [0.29, 0.717) is 12.2 Å². The van der Waals surface area contributed by atoms with Gasteiger partial charge >= 0.3 is 0 Å². The first-order valence-corrected chi connectivity index (χ1v) is 12.5. The molecular weight excluding hydrogens is 386 g/mol. The summed E-state index contributed by atoms with van der Waals surface area (Å²) in [5, 5.41) is 0. The average Bonchev–Trinajstić information content (AvgIpc) is 3.28. The molecule has 0 unspecified atom stereocenters. The number of hydrogen-bond acceptors (Lipinski definition) is 5. The highest BCUT2D eigenvalue weighted by Crippen LogP contribution is 2.30. The Balaban J connectivity index is 1.71. The van der Waals surface area contributed by atoms with Gasteiger partial charge in [-0.25, -0.2) is 16.8 Å². The number of hydrogen-bond donors (Lipinski definition) is 0. The second kappa shape index (κ2) is 7.07. The van der Waals surface area contributed by atoms with Gasteiger partial charge in [0, 0.05) is 6.04 Å². The summed E-state index contributed by atoms with van der Waals surface area (Å²) in [6.45, 7) is 0.0343. The van der Waals surface area contributed by atoms with Crippen molar-refractivity contribution >= 4 is 19.9 Å². The molecule has 1 aliphatic carbocycles. The van der Waals surface area contributed by atoms with Crippen LogP contribution < -0.4 is 0 Å². The molecule has 1 aromatic heterocycles. The summed E-state index contributed by atoms with van der Waals surface area (Å²) >= 11 is 0. The molecule has 1 saturated heterocycles. The van der Waals surface area contributed by atoms with Gasteiger partial charge in [-0.3, -0.25) is 0 Å². The standard InChI is InChI=1S/C19H23NO5S2/c21-26(22)11-9-17(14-26)20(13-18-6-3-10-25-18)27(23,24)19-8-7-15-4-1-2-5-16(15)12-19/h3,6-8,10,12,17H,1-2,4-5,9,11,13-14H2/t17-/m1/s1. The smallest absolute Gasteiger partial charge is 0.243 e. The lowest BCUT2D eigenvalue weighted by atomic mass is 9.92. The molecule has 2 heterocycles. The van der Waals surface area contributed by atoms with Gasteiger partial charge < -0.3 is 4.42 Å². The zero-order chi connectivity index (χ0) is 19.1. The summed E-state index contributed by atoms with van der Waals surface area (Å²) in [6, 6.07) is 8.16. The van der Waals surface area contributed by atoms with Crippen molar-refractivity contribution in [3.63, 3.8) is 0 Å². The van der Waals surface area contributed by atoms with Crippen molar-refractivity contribution in [1.82, 2.24) is 4.31 Å². The van der Waals surface area contributed by atoms with Crippen molar-refractivity contribution in [3.05, 3.63) is 53.5 Å². The van der Waals surface area contributed by atoms with Crippen LogP contribution in [0.5, 0.6) is 0 Å². The molecule has 8 heteroatoms. The molecule has 6 nitrogen and oxygen atoms in total. The summed E-state index contributed by atoms with van der Waals surface area (Å²) in [5.74, 6) is 0.380. The first-order chi connectivity index (χ1) is 12.9. The lowest BCUT2D eigenvalue weighted by Gasteiger charge is -2.27. The normalized spacial score (nSPS) is 22.0. The molecule has 0 amide bonds. The van der Waals surface area contributed by atoms with Crippen molar-refractivity contribution in [1.29, 1.82) is 0 Å². The van der Waals surface area contributed by atoms with Gasteiger partial charge in [-0.05, 0) is 67.5 Å². The second-order valence-corrected chi connectivity index (χ2v) is 11.4. The molecule has 0 bridgehead atoms. The van der Waals surface area contributed by atoms with Crippen LogP contribution in [0.25, 0.3) is 0 Å². The van der Waals surface area contributed by atoms with Crippen LogP contribution in [0.2, 0.25) is 0 Å². The molecule has 0 N–H and O–H groups in total. The molecule has 4 rings (SSSR count). The minimum Gasteiger partial charge on any atom is -0.468 e. The zero-order valence-electron chi connectivity index (χ0n) is 15.0. The van der Waals surface area contributed by atoms with Crippen molar-refractivity contribution in [2.45, 2.75) is 49.6 Å². The Labute approximate surface area is 160 Å². The van der Waals surface area contributed by atoms with Crippen LogP contribution in [-0.2, 0) is 39.2 Å². The highest BCUT2D eigenvalue weighted by atomic mass is 32.2. The zero-order valence-corrected chi connectivity index (χ0v) is 16.6. The number of rotatable bonds is 5. The van der Waals surface area contributed by atoms with E-state index < -0.39 is 25.9 Å². The first-order valence-electron chi connectivity index (χ1n) is 9.22. The van der Waals surface area contributed by atoms with Crippen LogP contribution in [0, 0.1) is 0 Å². The second-order valence-electron chi connectivity index (χ2n) is 7.32. The lowest BCUT2D eigenvalue weighted by molar-refractivity contribution is 0.307. The maximum atomic E-state index is 13.4. The molecule has 1 atom stereocenters. The lowest BCUT2D eigenvalue weighted by Crippen LogP contribution is -2.40. The molecule has 0 saturated carbocycles. The van der Waals surface area contributed by atoms with E-state index in [9.17, 15) is 16.8 Å². The quantitative estimate of drug-likeness (QED) is 0.758. The first kappa shape index (κ1) is 18.7. The molecule has 0 radical (unpaired) electrons. The van der Waals surface area contributed by atoms with Crippen molar-refractivity contribution in [3.8, 4) is 0 Å². The number of sulfone groups is 1. The molecule has 1 aliphatic heterocycles.